The molecule has 1 aromatic heterocycles. The summed E-state index contributed by atoms with van der Waals surface area (Å²) in [4.78, 5) is 38.8. The van der Waals surface area contributed by atoms with Crippen molar-refractivity contribution in [2.24, 2.45) is 17.8 Å². The van der Waals surface area contributed by atoms with Crippen molar-refractivity contribution in [3.63, 3.8) is 0 Å². The summed E-state index contributed by atoms with van der Waals surface area (Å²) < 4.78 is 0. The van der Waals surface area contributed by atoms with Crippen molar-refractivity contribution in [1.29, 1.82) is 0 Å². The minimum absolute atomic E-state index is 0.0892. The smallest absolute Gasteiger partial charge is 0.307 e. The van der Waals surface area contributed by atoms with Gasteiger partial charge in [-0.2, -0.15) is 0 Å². The van der Waals surface area contributed by atoms with Crippen LogP contribution in [0.2, 0.25) is 0 Å². The van der Waals surface area contributed by atoms with E-state index in [4.69, 9.17) is 0 Å². The highest BCUT2D eigenvalue weighted by molar-refractivity contribution is 7.17. The van der Waals surface area contributed by atoms with Gasteiger partial charge in [0, 0.05) is 10.9 Å². The molecule has 0 unspecified atom stereocenters. The lowest BCUT2D eigenvalue weighted by atomic mass is 9.78. The molecule has 3 atom stereocenters. The molecule has 4 rings (SSSR count). The Morgan fingerprint density at radius 1 is 1.07 bits per heavy atom. The Bertz CT molecular complexity index is 814. The van der Waals surface area contributed by atoms with Gasteiger partial charge in [0.15, 0.2) is 0 Å². The number of thiophene rings is 1. The summed E-state index contributed by atoms with van der Waals surface area (Å²) in [6.07, 6.45) is 8.90. The zero-order valence-electron chi connectivity index (χ0n) is 17.0. The van der Waals surface area contributed by atoms with Crippen LogP contribution in [0.4, 0.5) is 5.00 Å². The highest BCUT2D eigenvalue weighted by atomic mass is 32.1. The molecule has 1 aromatic rings. The van der Waals surface area contributed by atoms with Crippen molar-refractivity contribution in [2.45, 2.75) is 77.2 Å². The summed E-state index contributed by atoms with van der Waals surface area (Å²) in [7, 11) is 0. The van der Waals surface area contributed by atoms with Gasteiger partial charge in [0.1, 0.15) is 5.00 Å². The van der Waals surface area contributed by atoms with Gasteiger partial charge in [-0.15, -0.1) is 11.3 Å². The maximum atomic E-state index is 13.0. The van der Waals surface area contributed by atoms with E-state index in [1.54, 1.807) is 0 Å². The van der Waals surface area contributed by atoms with Gasteiger partial charge >= 0.3 is 5.97 Å². The predicted molar refractivity (Wildman–Crippen MR) is 112 cm³/mol. The van der Waals surface area contributed by atoms with Gasteiger partial charge in [-0.3, -0.25) is 14.4 Å². The molecule has 0 radical (unpaired) electrons. The summed E-state index contributed by atoms with van der Waals surface area (Å²) in [5.74, 6) is -1.77. The minimum Gasteiger partial charge on any atom is -0.481 e. The van der Waals surface area contributed by atoms with Crippen LogP contribution in [0.25, 0.3) is 0 Å². The largest absolute Gasteiger partial charge is 0.481 e. The molecule has 2 amide bonds. The Morgan fingerprint density at radius 2 is 1.79 bits per heavy atom. The summed E-state index contributed by atoms with van der Waals surface area (Å²) >= 11 is 1.52. The van der Waals surface area contributed by atoms with E-state index < -0.39 is 17.8 Å². The highest BCUT2D eigenvalue weighted by Crippen LogP contribution is 2.41. The zero-order chi connectivity index (χ0) is 20.5. The second-order valence-electron chi connectivity index (χ2n) is 8.80. The summed E-state index contributed by atoms with van der Waals surface area (Å²) in [5.41, 5.74) is 1.72. The van der Waals surface area contributed by atoms with E-state index in [0.717, 1.165) is 56.9 Å². The van der Waals surface area contributed by atoms with E-state index >= 15 is 0 Å². The van der Waals surface area contributed by atoms with Gasteiger partial charge in [0.05, 0.1) is 17.4 Å². The fourth-order valence-corrected chi connectivity index (χ4v) is 6.12. The van der Waals surface area contributed by atoms with E-state index in [-0.39, 0.29) is 17.9 Å². The molecule has 6 nitrogen and oxygen atoms in total. The number of fused-ring (bicyclic) bond motifs is 1. The Morgan fingerprint density at radius 3 is 2.45 bits per heavy atom. The van der Waals surface area contributed by atoms with Crippen LogP contribution in [0.1, 0.15) is 79.1 Å². The van der Waals surface area contributed by atoms with Crippen LogP contribution in [0.15, 0.2) is 0 Å². The Labute approximate surface area is 175 Å². The van der Waals surface area contributed by atoms with Crippen molar-refractivity contribution in [3.05, 3.63) is 16.0 Å². The normalized spacial score (nSPS) is 26.4. The molecule has 0 aromatic carbocycles. The standard InChI is InChI=1S/C22H30N2O4S/c1-2-12-7-10-16-17(11-12)29-21(18(16)20(26)23-13-8-9-13)24-19(25)14-5-3-4-6-15(14)22(27)28/h12-15H,2-11H2,1H3,(H,23,26)(H,24,25)(H,27,28)/t12-,14+,15-/m0/s1. The lowest BCUT2D eigenvalue weighted by Crippen LogP contribution is -2.36. The van der Waals surface area contributed by atoms with Crippen LogP contribution >= 0.6 is 11.3 Å². The van der Waals surface area contributed by atoms with E-state index in [0.29, 0.717) is 29.3 Å². The molecule has 0 saturated heterocycles. The van der Waals surface area contributed by atoms with Crippen LogP contribution in [-0.4, -0.2) is 28.9 Å². The molecule has 158 valence electrons. The molecule has 3 N–H and O–H groups in total. The third-order valence-electron chi connectivity index (χ3n) is 6.74. The Hall–Kier alpha value is -1.89. The number of amides is 2. The second-order valence-corrected chi connectivity index (χ2v) is 9.90. The number of anilines is 1. The maximum Gasteiger partial charge on any atom is 0.307 e. The average Bonchev–Trinajstić information content (AvgIpc) is 3.45. The monoisotopic (exact) mass is 418 g/mol. The van der Waals surface area contributed by atoms with Gasteiger partial charge in [-0.05, 0) is 56.4 Å². The van der Waals surface area contributed by atoms with Crippen molar-refractivity contribution in [1.82, 2.24) is 5.32 Å². The fourth-order valence-electron chi connectivity index (χ4n) is 4.76. The molecule has 3 aliphatic carbocycles. The van der Waals surface area contributed by atoms with E-state index in [2.05, 4.69) is 17.6 Å². The number of hydrogen-bond donors (Lipinski definition) is 3. The number of carboxylic acids is 1. The molecule has 0 spiro atoms. The molecular formula is C22H30N2O4S. The SMILES string of the molecule is CC[C@H]1CCc2c(sc(NC(=O)[C@@H]3CCCC[C@@H]3C(=O)O)c2C(=O)NC2CC2)C1. The Balaban J connectivity index is 1.60. The number of carbonyl (C=O) groups excluding carboxylic acids is 2. The van der Waals surface area contributed by atoms with E-state index in [9.17, 15) is 19.5 Å². The number of hydrogen-bond acceptors (Lipinski definition) is 4. The Kier molecular flexibility index (Phi) is 5.95. The molecule has 3 aliphatic rings. The molecule has 2 saturated carbocycles. The first-order chi connectivity index (χ1) is 14.0. The van der Waals surface area contributed by atoms with Crippen molar-refractivity contribution in [3.8, 4) is 0 Å². The number of carboxylic acid groups (broad SMARTS) is 1. The number of aliphatic carboxylic acids is 1. The van der Waals surface area contributed by atoms with E-state index in [1.807, 2.05) is 0 Å². The summed E-state index contributed by atoms with van der Waals surface area (Å²) in [5, 5.41) is 16.2. The lowest BCUT2D eigenvalue weighted by molar-refractivity contribution is -0.147. The van der Waals surface area contributed by atoms with Gasteiger partial charge in [0.2, 0.25) is 5.91 Å². The molecule has 1 heterocycles. The highest BCUT2D eigenvalue weighted by Gasteiger charge is 2.37. The van der Waals surface area contributed by atoms with Crippen molar-refractivity contribution >= 4 is 34.1 Å². The second kappa shape index (κ2) is 8.46. The molecule has 0 bridgehead atoms. The summed E-state index contributed by atoms with van der Waals surface area (Å²) in [6.45, 7) is 2.20. The van der Waals surface area contributed by atoms with Crippen LogP contribution in [0, 0.1) is 17.8 Å². The first-order valence-electron chi connectivity index (χ1n) is 11.0. The first kappa shape index (κ1) is 20.4. The molecule has 0 aliphatic heterocycles. The van der Waals surface area contributed by atoms with Crippen LogP contribution in [0.5, 0.6) is 0 Å². The van der Waals surface area contributed by atoms with Crippen LogP contribution < -0.4 is 10.6 Å². The third kappa shape index (κ3) is 4.34. The van der Waals surface area contributed by atoms with Gasteiger partial charge in [-0.1, -0.05) is 26.2 Å². The lowest BCUT2D eigenvalue weighted by Gasteiger charge is -2.27. The third-order valence-corrected chi connectivity index (χ3v) is 7.91. The number of nitrogens with one attached hydrogen (secondary N) is 2. The van der Waals surface area contributed by atoms with Crippen molar-refractivity contribution < 1.29 is 19.5 Å². The molecular weight excluding hydrogens is 388 g/mol. The van der Waals surface area contributed by atoms with Gasteiger partial charge in [0.25, 0.3) is 5.91 Å². The number of carbonyl (C=O) groups is 3. The van der Waals surface area contributed by atoms with Gasteiger partial charge in [-0.25, -0.2) is 0 Å². The van der Waals surface area contributed by atoms with E-state index in [1.165, 1.54) is 16.2 Å². The van der Waals surface area contributed by atoms with Crippen LogP contribution in [0.3, 0.4) is 0 Å². The number of rotatable bonds is 6. The minimum atomic E-state index is -0.896. The van der Waals surface area contributed by atoms with Crippen molar-refractivity contribution in [2.75, 3.05) is 5.32 Å². The fraction of sp³-hybridized carbons (Fsp3) is 0.682. The summed E-state index contributed by atoms with van der Waals surface area (Å²) in [6, 6.07) is 0.253. The molecule has 2 fully saturated rings. The maximum absolute atomic E-state index is 13.0. The quantitative estimate of drug-likeness (QED) is 0.651. The van der Waals surface area contributed by atoms with Gasteiger partial charge < -0.3 is 15.7 Å². The predicted octanol–water partition coefficient (Wildman–Crippen LogP) is 3.98. The van der Waals surface area contributed by atoms with Crippen LogP contribution in [-0.2, 0) is 22.4 Å². The zero-order valence-corrected chi connectivity index (χ0v) is 17.8. The topological polar surface area (TPSA) is 95.5 Å². The average molecular weight is 419 g/mol. The molecule has 7 heteroatoms. The molecule has 29 heavy (non-hydrogen) atoms. The first-order valence-corrected chi connectivity index (χ1v) is 11.8.